The number of alkyl halides is 3. The summed E-state index contributed by atoms with van der Waals surface area (Å²) in [6.07, 6.45) is 0. The van der Waals surface area contributed by atoms with Gasteiger partial charge < -0.3 is 19.0 Å². The van der Waals surface area contributed by atoms with Crippen molar-refractivity contribution < 1.29 is 44.0 Å². The molecule has 41 heavy (non-hydrogen) atoms. The minimum Gasteiger partial charge on any atom is -0.490 e. The molecule has 0 saturated heterocycles. The standard InChI is InChI=1S/C25H23F5N4O5S2/c1-12-11-31-13(2)18-10-17(33-34(12)18)22-21(20-16(27)8-14(26)9-19(20)38-6-5-37-3)23-15(4-7-40-23)24(32-22)39-41(35,36)25(28,29)30/h4,7-10,12-13,31H,5-6,11H2,1-3H3. The number of ether oxygens (including phenoxy) is 2. The Balaban J connectivity index is 1.83. The number of hydrogen-bond donors (Lipinski definition) is 1. The maximum atomic E-state index is 15.6. The molecular formula is C25H23F5N4O5S2. The van der Waals surface area contributed by atoms with E-state index >= 15 is 4.39 Å². The molecule has 2 atom stereocenters. The monoisotopic (exact) mass is 618 g/mol. The molecule has 0 amide bonds. The van der Waals surface area contributed by atoms with Gasteiger partial charge in [-0.15, -0.1) is 11.3 Å². The van der Waals surface area contributed by atoms with Crippen LogP contribution in [-0.4, -0.2) is 55.6 Å². The Kier molecular flexibility index (Phi) is 7.69. The highest BCUT2D eigenvalue weighted by molar-refractivity contribution is 7.88. The molecule has 9 nitrogen and oxygen atoms in total. The van der Waals surface area contributed by atoms with Crippen LogP contribution in [0.5, 0.6) is 11.6 Å². The van der Waals surface area contributed by atoms with E-state index in [0.717, 1.165) is 17.4 Å². The third-order valence-electron chi connectivity index (χ3n) is 6.45. The topological polar surface area (TPSA) is 105 Å². The Morgan fingerprint density at radius 2 is 1.90 bits per heavy atom. The molecule has 0 aliphatic carbocycles. The smallest absolute Gasteiger partial charge is 0.490 e. The molecule has 1 N–H and O–H groups in total. The average Bonchev–Trinajstić information content (AvgIpc) is 3.55. The lowest BCUT2D eigenvalue weighted by Crippen LogP contribution is -2.34. The third-order valence-corrected chi connectivity index (χ3v) is 8.32. The number of nitrogens with one attached hydrogen (secondary N) is 1. The summed E-state index contributed by atoms with van der Waals surface area (Å²) in [7, 11) is -4.69. The van der Waals surface area contributed by atoms with E-state index in [0.29, 0.717) is 18.3 Å². The van der Waals surface area contributed by atoms with Gasteiger partial charge in [0.25, 0.3) is 0 Å². The lowest BCUT2D eigenvalue weighted by atomic mass is 9.98. The molecule has 0 spiro atoms. The Hall–Kier alpha value is -3.34. The van der Waals surface area contributed by atoms with Gasteiger partial charge in [-0.3, -0.25) is 4.68 Å². The Bertz CT molecular complexity index is 1690. The van der Waals surface area contributed by atoms with E-state index in [1.54, 1.807) is 10.7 Å². The van der Waals surface area contributed by atoms with Crippen molar-refractivity contribution in [1.82, 2.24) is 20.1 Å². The van der Waals surface area contributed by atoms with Gasteiger partial charge in [0.05, 0.1) is 34.0 Å². The van der Waals surface area contributed by atoms with Crippen LogP contribution in [0.3, 0.4) is 0 Å². The molecule has 220 valence electrons. The number of rotatable bonds is 8. The Morgan fingerprint density at radius 3 is 2.59 bits per heavy atom. The molecule has 0 saturated carbocycles. The van der Waals surface area contributed by atoms with Gasteiger partial charge >= 0.3 is 15.6 Å². The number of thiophene rings is 1. The van der Waals surface area contributed by atoms with Crippen molar-refractivity contribution >= 4 is 31.5 Å². The van der Waals surface area contributed by atoms with E-state index in [2.05, 4.69) is 19.6 Å². The van der Waals surface area contributed by atoms with Gasteiger partial charge in [0.2, 0.25) is 5.88 Å². The number of benzene rings is 1. The van der Waals surface area contributed by atoms with E-state index in [1.165, 1.54) is 18.6 Å². The van der Waals surface area contributed by atoms with Crippen molar-refractivity contribution in [2.45, 2.75) is 31.4 Å². The molecule has 3 aromatic heterocycles. The summed E-state index contributed by atoms with van der Waals surface area (Å²) in [4.78, 5) is 4.18. The maximum Gasteiger partial charge on any atom is 0.534 e. The van der Waals surface area contributed by atoms with Crippen LogP contribution in [0.4, 0.5) is 22.0 Å². The molecule has 2 unspecified atom stereocenters. The highest BCUT2D eigenvalue weighted by Crippen LogP contribution is 2.47. The van der Waals surface area contributed by atoms with Gasteiger partial charge in [0, 0.05) is 37.4 Å². The second-order valence-corrected chi connectivity index (χ2v) is 11.7. The van der Waals surface area contributed by atoms with E-state index in [4.69, 9.17) is 9.47 Å². The Morgan fingerprint density at radius 1 is 1.15 bits per heavy atom. The lowest BCUT2D eigenvalue weighted by Gasteiger charge is -2.27. The number of hydrogen-bond acceptors (Lipinski definition) is 9. The van der Waals surface area contributed by atoms with Crippen LogP contribution in [-0.2, 0) is 14.9 Å². The zero-order valence-electron chi connectivity index (χ0n) is 21.8. The van der Waals surface area contributed by atoms with Crippen LogP contribution >= 0.6 is 11.3 Å². The average molecular weight is 619 g/mol. The first kappa shape index (κ1) is 29.2. The van der Waals surface area contributed by atoms with E-state index in [1.807, 2.05) is 13.8 Å². The molecule has 1 aliphatic heterocycles. The molecule has 16 heteroatoms. The van der Waals surface area contributed by atoms with Crippen molar-refractivity contribution in [3.05, 3.63) is 47.0 Å². The fourth-order valence-corrected chi connectivity index (χ4v) is 5.88. The molecule has 1 aliphatic rings. The fraction of sp³-hybridized carbons (Fsp3) is 0.360. The van der Waals surface area contributed by atoms with Crippen LogP contribution in [0.1, 0.15) is 31.6 Å². The van der Waals surface area contributed by atoms with E-state index in [9.17, 15) is 26.0 Å². The third kappa shape index (κ3) is 5.36. The van der Waals surface area contributed by atoms with Crippen molar-refractivity contribution in [3.8, 4) is 34.1 Å². The number of methoxy groups -OCH3 is 1. The van der Waals surface area contributed by atoms with Gasteiger partial charge in [-0.1, -0.05) is 0 Å². The number of pyridine rings is 1. The summed E-state index contributed by atoms with van der Waals surface area (Å²) in [6, 6.07) is 4.21. The first-order valence-corrected chi connectivity index (χ1v) is 14.5. The van der Waals surface area contributed by atoms with Crippen LogP contribution in [0.2, 0.25) is 0 Å². The summed E-state index contributed by atoms with van der Waals surface area (Å²) in [5.74, 6) is -3.06. The van der Waals surface area contributed by atoms with Crippen LogP contribution in [0.15, 0.2) is 29.6 Å². The van der Waals surface area contributed by atoms with Crippen molar-refractivity contribution in [3.63, 3.8) is 0 Å². The van der Waals surface area contributed by atoms with Gasteiger partial charge in [0.1, 0.15) is 35.4 Å². The largest absolute Gasteiger partial charge is 0.534 e. The van der Waals surface area contributed by atoms with Crippen molar-refractivity contribution in [2.24, 2.45) is 0 Å². The first-order chi connectivity index (χ1) is 19.3. The molecule has 1 aromatic carbocycles. The lowest BCUT2D eigenvalue weighted by molar-refractivity contribution is -0.0500. The number of nitrogens with zero attached hydrogens (tertiary/aromatic N) is 3. The predicted octanol–water partition coefficient (Wildman–Crippen LogP) is 5.58. The van der Waals surface area contributed by atoms with E-state index < -0.39 is 33.1 Å². The minimum absolute atomic E-state index is 0.0142. The predicted molar refractivity (Wildman–Crippen MR) is 140 cm³/mol. The second kappa shape index (κ2) is 10.8. The van der Waals surface area contributed by atoms with Crippen LogP contribution in [0.25, 0.3) is 32.6 Å². The highest BCUT2D eigenvalue weighted by atomic mass is 32.2. The van der Waals surface area contributed by atoms with Gasteiger partial charge in [-0.05, 0) is 31.4 Å². The van der Waals surface area contributed by atoms with Gasteiger partial charge in [-0.25, -0.2) is 13.8 Å². The quantitative estimate of drug-likeness (QED) is 0.118. The summed E-state index contributed by atoms with van der Waals surface area (Å²) in [5.41, 5.74) is -5.33. The molecule has 5 rings (SSSR count). The summed E-state index contributed by atoms with van der Waals surface area (Å²) < 4.78 is 111. The normalized spacial score (nSPS) is 17.6. The van der Waals surface area contributed by atoms with Crippen LogP contribution in [0, 0.1) is 11.6 Å². The summed E-state index contributed by atoms with van der Waals surface area (Å²) in [5, 5.41) is 9.21. The maximum absolute atomic E-state index is 15.6. The number of fused-ring (bicyclic) bond motifs is 2. The van der Waals surface area contributed by atoms with Crippen molar-refractivity contribution in [1.29, 1.82) is 0 Å². The molecule has 0 radical (unpaired) electrons. The van der Waals surface area contributed by atoms with Crippen LogP contribution < -0.4 is 14.2 Å². The molecule has 0 fully saturated rings. The molecular weight excluding hydrogens is 595 g/mol. The van der Waals surface area contributed by atoms with Crippen molar-refractivity contribution in [2.75, 3.05) is 26.9 Å². The fourth-order valence-electron chi connectivity index (χ4n) is 4.51. The zero-order valence-corrected chi connectivity index (χ0v) is 23.4. The minimum atomic E-state index is -6.11. The summed E-state index contributed by atoms with van der Waals surface area (Å²) >= 11 is 0.968. The van der Waals surface area contributed by atoms with E-state index in [-0.39, 0.29) is 63.6 Å². The first-order valence-electron chi connectivity index (χ1n) is 12.2. The summed E-state index contributed by atoms with van der Waals surface area (Å²) in [6.45, 7) is 4.36. The highest BCUT2D eigenvalue weighted by Gasteiger charge is 2.49. The SMILES string of the molecule is COCCOc1cc(F)cc(F)c1-c1c(-c2cc3n(n2)C(C)CNC3C)nc(OS(=O)(=O)C(F)(F)F)c2ccsc12. The van der Waals surface area contributed by atoms with Gasteiger partial charge in [-0.2, -0.15) is 26.7 Å². The number of halogens is 5. The molecule has 4 aromatic rings. The zero-order chi connectivity index (χ0) is 29.7. The molecule has 0 bridgehead atoms. The Labute approximate surface area is 235 Å². The molecule has 4 heterocycles. The number of aromatic nitrogens is 3. The second-order valence-electron chi connectivity index (χ2n) is 9.27. The van der Waals surface area contributed by atoms with Gasteiger partial charge in [0.15, 0.2) is 0 Å².